The van der Waals surface area contributed by atoms with Gasteiger partial charge in [-0.1, -0.05) is 6.92 Å². The fraction of sp³-hybridized carbons (Fsp3) is 0.533. The van der Waals surface area contributed by atoms with Crippen LogP contribution in [0.25, 0.3) is 0 Å². The molecule has 0 spiro atoms. The lowest BCUT2D eigenvalue weighted by molar-refractivity contribution is 0.173. The van der Waals surface area contributed by atoms with E-state index in [2.05, 4.69) is 22.5 Å². The van der Waals surface area contributed by atoms with Gasteiger partial charge in [-0.15, -0.1) is 24.0 Å². The smallest absolute Gasteiger partial charge is 0.231 e. The second-order valence-corrected chi connectivity index (χ2v) is 4.55. The molecule has 0 aromatic heterocycles. The van der Waals surface area contributed by atoms with Crippen LogP contribution in [-0.2, 0) is 0 Å². The van der Waals surface area contributed by atoms with E-state index in [-0.39, 0.29) is 30.8 Å². The van der Waals surface area contributed by atoms with Crippen LogP contribution in [0.1, 0.15) is 20.3 Å². The molecule has 0 saturated heterocycles. The predicted octanol–water partition coefficient (Wildman–Crippen LogP) is 2.38. The Morgan fingerprint density at radius 1 is 1.23 bits per heavy atom. The minimum Gasteiger partial charge on any atom is -0.492 e. The van der Waals surface area contributed by atoms with E-state index in [0.717, 1.165) is 42.7 Å². The van der Waals surface area contributed by atoms with Crippen molar-refractivity contribution in [3.63, 3.8) is 0 Å². The Hall–Kier alpha value is -1.38. The van der Waals surface area contributed by atoms with Crippen LogP contribution in [0.2, 0.25) is 0 Å². The fourth-order valence-electron chi connectivity index (χ4n) is 1.87. The normalized spacial score (nSPS) is 12.5. The Balaban J connectivity index is 0.00000242. The van der Waals surface area contributed by atoms with E-state index in [0.29, 0.717) is 13.2 Å². The van der Waals surface area contributed by atoms with Crippen molar-refractivity contribution in [2.24, 2.45) is 4.99 Å². The molecule has 6 nitrogen and oxygen atoms in total. The molecule has 1 aromatic rings. The number of halogens is 1. The Kier molecular flexibility index (Phi) is 8.79. The first kappa shape index (κ1) is 18.7. The van der Waals surface area contributed by atoms with Crippen molar-refractivity contribution in [3.8, 4) is 17.2 Å². The standard InChI is InChI=1S/C15H23N3O3.HI/c1-3-7-17-15(16-4-2)18-8-9-19-12-5-6-13-14(10-12)21-11-20-13;/h5-6,10H,3-4,7-9,11H2,1-2H3,(H2,16,17,18);1H. The van der Waals surface area contributed by atoms with Crippen LogP contribution in [-0.4, -0.2) is 39.0 Å². The molecule has 0 aliphatic carbocycles. The third-order valence-corrected chi connectivity index (χ3v) is 2.85. The van der Waals surface area contributed by atoms with Gasteiger partial charge in [0.2, 0.25) is 6.79 Å². The van der Waals surface area contributed by atoms with Crippen molar-refractivity contribution >= 4 is 29.9 Å². The van der Waals surface area contributed by atoms with Crippen molar-refractivity contribution in [2.45, 2.75) is 20.3 Å². The number of nitrogens with zero attached hydrogens (tertiary/aromatic N) is 1. The van der Waals surface area contributed by atoms with Gasteiger partial charge in [0.05, 0.1) is 6.54 Å². The number of nitrogens with one attached hydrogen (secondary N) is 2. The summed E-state index contributed by atoms with van der Waals surface area (Å²) in [5.41, 5.74) is 0. The van der Waals surface area contributed by atoms with E-state index in [1.807, 2.05) is 25.1 Å². The van der Waals surface area contributed by atoms with Crippen molar-refractivity contribution in [1.29, 1.82) is 0 Å². The molecule has 124 valence electrons. The van der Waals surface area contributed by atoms with Crippen LogP contribution in [0.3, 0.4) is 0 Å². The molecule has 0 amide bonds. The zero-order valence-corrected chi connectivity index (χ0v) is 15.4. The maximum absolute atomic E-state index is 5.68. The van der Waals surface area contributed by atoms with Gasteiger partial charge in [0, 0.05) is 19.2 Å². The van der Waals surface area contributed by atoms with E-state index >= 15 is 0 Å². The molecule has 0 atom stereocenters. The molecule has 0 radical (unpaired) electrons. The topological polar surface area (TPSA) is 64.1 Å². The second-order valence-electron chi connectivity index (χ2n) is 4.55. The predicted molar refractivity (Wildman–Crippen MR) is 97.7 cm³/mol. The van der Waals surface area contributed by atoms with Crippen molar-refractivity contribution in [2.75, 3.05) is 33.0 Å². The molecule has 0 bridgehead atoms. The van der Waals surface area contributed by atoms with Gasteiger partial charge in [0.15, 0.2) is 17.5 Å². The molecule has 2 N–H and O–H groups in total. The van der Waals surface area contributed by atoms with Gasteiger partial charge >= 0.3 is 0 Å². The monoisotopic (exact) mass is 421 g/mol. The summed E-state index contributed by atoms with van der Waals surface area (Å²) in [7, 11) is 0. The number of hydrogen-bond donors (Lipinski definition) is 2. The van der Waals surface area contributed by atoms with Crippen LogP contribution in [0.15, 0.2) is 23.2 Å². The van der Waals surface area contributed by atoms with Crippen LogP contribution in [0.5, 0.6) is 17.2 Å². The van der Waals surface area contributed by atoms with E-state index in [1.54, 1.807) is 0 Å². The molecular weight excluding hydrogens is 397 g/mol. The Labute approximate surface area is 148 Å². The number of guanidine groups is 1. The number of rotatable bonds is 7. The van der Waals surface area contributed by atoms with Crippen LogP contribution in [0.4, 0.5) is 0 Å². The summed E-state index contributed by atoms with van der Waals surface area (Å²) in [6.45, 7) is 7.33. The molecule has 22 heavy (non-hydrogen) atoms. The molecule has 1 aliphatic heterocycles. The molecule has 7 heteroatoms. The van der Waals surface area contributed by atoms with E-state index in [4.69, 9.17) is 14.2 Å². The summed E-state index contributed by atoms with van der Waals surface area (Å²) in [6, 6.07) is 5.58. The van der Waals surface area contributed by atoms with Gasteiger partial charge in [-0.25, -0.2) is 0 Å². The minimum atomic E-state index is 0. The number of aliphatic imine (C=N–C) groups is 1. The van der Waals surface area contributed by atoms with E-state index < -0.39 is 0 Å². The van der Waals surface area contributed by atoms with Gasteiger partial charge < -0.3 is 24.8 Å². The van der Waals surface area contributed by atoms with Crippen molar-refractivity contribution in [1.82, 2.24) is 10.6 Å². The molecule has 2 rings (SSSR count). The van der Waals surface area contributed by atoms with Crippen LogP contribution >= 0.6 is 24.0 Å². The summed E-state index contributed by atoms with van der Waals surface area (Å²) in [5.74, 6) is 3.10. The third kappa shape index (κ3) is 5.78. The maximum Gasteiger partial charge on any atom is 0.231 e. The van der Waals surface area contributed by atoms with Crippen LogP contribution in [0, 0.1) is 0 Å². The molecule has 0 saturated carbocycles. The summed E-state index contributed by atoms with van der Waals surface area (Å²) < 4.78 is 16.3. The lowest BCUT2D eigenvalue weighted by Gasteiger charge is -2.12. The average molecular weight is 421 g/mol. The first-order chi connectivity index (χ1) is 10.3. The summed E-state index contributed by atoms with van der Waals surface area (Å²) >= 11 is 0. The van der Waals surface area contributed by atoms with Gasteiger partial charge in [-0.05, 0) is 25.5 Å². The molecule has 1 aromatic carbocycles. The second kappa shape index (κ2) is 10.4. The Bertz CT molecular complexity index is 483. The number of hydrogen-bond acceptors (Lipinski definition) is 4. The third-order valence-electron chi connectivity index (χ3n) is 2.85. The Morgan fingerprint density at radius 3 is 2.82 bits per heavy atom. The molecular formula is C15H24IN3O3. The highest BCUT2D eigenvalue weighted by Gasteiger charge is 2.13. The highest BCUT2D eigenvalue weighted by Crippen LogP contribution is 2.34. The Morgan fingerprint density at radius 2 is 2.05 bits per heavy atom. The first-order valence-corrected chi connectivity index (χ1v) is 7.38. The van der Waals surface area contributed by atoms with Crippen molar-refractivity contribution < 1.29 is 14.2 Å². The summed E-state index contributed by atoms with van der Waals surface area (Å²) in [5, 5.41) is 6.43. The highest BCUT2D eigenvalue weighted by molar-refractivity contribution is 14.0. The van der Waals surface area contributed by atoms with Crippen LogP contribution < -0.4 is 24.8 Å². The molecule has 0 unspecified atom stereocenters. The molecule has 1 heterocycles. The largest absolute Gasteiger partial charge is 0.492 e. The zero-order chi connectivity index (χ0) is 14.9. The molecule has 0 fully saturated rings. The minimum absolute atomic E-state index is 0. The lowest BCUT2D eigenvalue weighted by Crippen LogP contribution is -2.39. The molecule has 1 aliphatic rings. The summed E-state index contributed by atoms with van der Waals surface area (Å²) in [6.07, 6.45) is 1.03. The SMILES string of the molecule is CCCN=C(NCC)NCCOc1ccc2c(c1)OCO2.I. The average Bonchev–Trinajstić information content (AvgIpc) is 2.96. The highest BCUT2D eigenvalue weighted by atomic mass is 127. The van der Waals surface area contributed by atoms with Gasteiger partial charge in [0.25, 0.3) is 0 Å². The number of benzene rings is 1. The quantitative estimate of drug-likeness (QED) is 0.307. The van der Waals surface area contributed by atoms with Gasteiger partial charge in [-0.2, -0.15) is 0 Å². The fourth-order valence-corrected chi connectivity index (χ4v) is 1.87. The van der Waals surface area contributed by atoms with Crippen molar-refractivity contribution in [3.05, 3.63) is 18.2 Å². The van der Waals surface area contributed by atoms with Gasteiger partial charge in [-0.3, -0.25) is 4.99 Å². The number of ether oxygens (including phenoxy) is 3. The zero-order valence-electron chi connectivity index (χ0n) is 13.1. The first-order valence-electron chi connectivity index (χ1n) is 7.38. The maximum atomic E-state index is 5.68. The van der Waals surface area contributed by atoms with Gasteiger partial charge in [0.1, 0.15) is 12.4 Å². The lowest BCUT2D eigenvalue weighted by atomic mass is 10.3. The van der Waals surface area contributed by atoms with E-state index in [1.165, 1.54) is 0 Å². The summed E-state index contributed by atoms with van der Waals surface area (Å²) in [4.78, 5) is 4.43. The number of fused-ring (bicyclic) bond motifs is 1. The van der Waals surface area contributed by atoms with E-state index in [9.17, 15) is 0 Å².